The molecular formula is C44H28N3Ni-. The van der Waals surface area contributed by atoms with Crippen LogP contribution in [0.25, 0.3) is 79.8 Å². The molecule has 0 N–H and O–H groups in total. The molecule has 48 heavy (non-hydrogen) atoms. The van der Waals surface area contributed by atoms with Crippen LogP contribution in [0.2, 0.25) is 0 Å². The zero-order valence-electron chi connectivity index (χ0n) is 25.8. The van der Waals surface area contributed by atoms with Crippen LogP contribution in [-0.4, -0.2) is 9.97 Å². The quantitative estimate of drug-likeness (QED) is 0.177. The third-order valence-electron chi connectivity index (χ3n) is 8.95. The minimum Gasteiger partial charge on any atom is -0.657 e. The van der Waals surface area contributed by atoms with Crippen LogP contribution in [0.15, 0.2) is 146 Å². The van der Waals surface area contributed by atoms with Crippen molar-refractivity contribution in [3.63, 3.8) is 0 Å². The zero-order valence-corrected chi connectivity index (χ0v) is 26.8. The van der Waals surface area contributed by atoms with Gasteiger partial charge in [0.2, 0.25) is 0 Å². The van der Waals surface area contributed by atoms with Crippen LogP contribution < -0.4 is 4.98 Å². The van der Waals surface area contributed by atoms with Crippen LogP contribution >= 0.6 is 0 Å². The maximum atomic E-state index is 5.36. The second-order valence-electron chi connectivity index (χ2n) is 11.8. The first-order valence-corrected chi connectivity index (χ1v) is 15.9. The summed E-state index contributed by atoms with van der Waals surface area (Å²) in [4.78, 5) is 16.0. The average Bonchev–Trinajstić information content (AvgIpc) is 3.90. The second-order valence-corrected chi connectivity index (χ2v) is 11.8. The van der Waals surface area contributed by atoms with Gasteiger partial charge in [0.1, 0.15) is 0 Å². The van der Waals surface area contributed by atoms with Crippen molar-refractivity contribution in [3.8, 4) is 44.5 Å². The maximum absolute atomic E-state index is 5.36. The summed E-state index contributed by atoms with van der Waals surface area (Å²) in [5.74, 6) is 0. The Morgan fingerprint density at radius 3 is 0.917 bits per heavy atom. The molecule has 9 rings (SSSR count). The van der Waals surface area contributed by atoms with Gasteiger partial charge in [-0.05, 0) is 68.1 Å². The minimum absolute atomic E-state index is 0. The molecule has 1 aliphatic carbocycles. The summed E-state index contributed by atoms with van der Waals surface area (Å²) in [6, 6.07) is 50.7. The summed E-state index contributed by atoms with van der Waals surface area (Å²) in [7, 11) is 0. The van der Waals surface area contributed by atoms with Crippen LogP contribution in [-0.2, 0) is 16.5 Å². The standard InChI is InChI=1S/C44H28N3.Ni/c1-5-13-29(14-6-1)41-33-21-22-34(33)42(30-15-7-2-8-16-30)36-24-26-38(46-36)44(32-19-11-4-12-20-32)40-28-27-39(47-40)43(31-17-9-3-10-18-31)37-25-23-35(41)45-37;/h1-28H;/q-1;. The van der Waals surface area contributed by atoms with Gasteiger partial charge in [0.05, 0.1) is 22.8 Å². The minimum atomic E-state index is 0. The zero-order chi connectivity index (χ0) is 31.2. The van der Waals surface area contributed by atoms with Crippen molar-refractivity contribution >= 4 is 35.3 Å². The van der Waals surface area contributed by atoms with Gasteiger partial charge in [-0.1, -0.05) is 146 Å². The van der Waals surface area contributed by atoms with Crippen molar-refractivity contribution < 1.29 is 16.5 Å². The third kappa shape index (κ3) is 5.08. The van der Waals surface area contributed by atoms with Gasteiger partial charge in [0.15, 0.2) is 0 Å². The van der Waals surface area contributed by atoms with Crippen LogP contribution in [0.5, 0.6) is 0 Å². The Hall–Kier alpha value is -5.83. The first-order chi connectivity index (χ1) is 23.3. The molecule has 0 atom stereocenters. The average molecular weight is 657 g/mol. The molecule has 4 aromatic carbocycles. The Balaban J connectivity index is 0.00000336. The van der Waals surface area contributed by atoms with E-state index in [1.807, 2.05) is 12.1 Å². The van der Waals surface area contributed by atoms with Crippen molar-refractivity contribution in [2.45, 2.75) is 0 Å². The third-order valence-corrected chi connectivity index (χ3v) is 8.95. The molecule has 3 aliphatic heterocycles. The van der Waals surface area contributed by atoms with Gasteiger partial charge in [-0.25, -0.2) is 9.97 Å². The number of hydrogen-bond acceptors (Lipinski definition) is 2. The molecule has 0 spiro atoms. The van der Waals surface area contributed by atoms with E-state index >= 15 is 0 Å². The van der Waals surface area contributed by atoms with Crippen LogP contribution in [0.4, 0.5) is 0 Å². The summed E-state index contributed by atoms with van der Waals surface area (Å²) >= 11 is 0. The van der Waals surface area contributed by atoms with Gasteiger partial charge in [-0.15, -0.1) is 11.0 Å². The van der Waals surface area contributed by atoms with E-state index < -0.39 is 0 Å². The first kappa shape index (κ1) is 29.6. The Kier molecular flexibility index (Phi) is 7.64. The maximum Gasteiger partial charge on any atom is 0.0722 e. The van der Waals surface area contributed by atoms with Crippen molar-refractivity contribution in [3.05, 3.63) is 179 Å². The molecule has 0 saturated heterocycles. The number of benzene rings is 4. The van der Waals surface area contributed by atoms with E-state index in [1.165, 1.54) is 0 Å². The smallest absolute Gasteiger partial charge is 0.0722 e. The second kappa shape index (κ2) is 12.4. The van der Waals surface area contributed by atoms with Gasteiger partial charge in [0.25, 0.3) is 0 Å². The van der Waals surface area contributed by atoms with Crippen LogP contribution in [0.1, 0.15) is 22.8 Å². The fraction of sp³-hybridized carbons (Fsp3) is 0. The summed E-state index contributed by atoms with van der Waals surface area (Å²) in [6.07, 6.45) is 8.57. The number of hydrogen-bond donors (Lipinski definition) is 0. The molecule has 230 valence electrons. The molecular weight excluding hydrogens is 629 g/mol. The van der Waals surface area contributed by atoms with Crippen molar-refractivity contribution in [1.82, 2.24) is 15.0 Å². The Bertz CT molecular complexity index is 2360. The fourth-order valence-electron chi connectivity index (χ4n) is 6.76. The van der Waals surface area contributed by atoms with E-state index in [9.17, 15) is 0 Å². The van der Waals surface area contributed by atoms with E-state index in [1.54, 1.807) is 0 Å². The van der Waals surface area contributed by atoms with Crippen molar-refractivity contribution in [1.29, 1.82) is 0 Å². The molecule has 4 aliphatic rings. The van der Waals surface area contributed by atoms with E-state index in [0.29, 0.717) is 0 Å². The molecule has 0 fully saturated rings. The van der Waals surface area contributed by atoms with Gasteiger partial charge in [0, 0.05) is 27.6 Å². The van der Waals surface area contributed by atoms with Gasteiger partial charge >= 0.3 is 0 Å². The summed E-state index contributed by atoms with van der Waals surface area (Å²) in [5.41, 5.74) is 14.0. The largest absolute Gasteiger partial charge is 0.657 e. The first-order valence-electron chi connectivity index (χ1n) is 15.9. The van der Waals surface area contributed by atoms with E-state index in [2.05, 4.69) is 158 Å². The van der Waals surface area contributed by atoms with Gasteiger partial charge in [-0.2, -0.15) is 0 Å². The molecule has 0 amide bonds. The van der Waals surface area contributed by atoms with Gasteiger partial charge < -0.3 is 4.98 Å². The number of rotatable bonds is 4. The fourth-order valence-corrected chi connectivity index (χ4v) is 6.76. The molecule has 4 heteroatoms. The van der Waals surface area contributed by atoms with E-state index in [4.69, 9.17) is 15.0 Å². The normalized spacial score (nSPS) is 11.8. The molecule has 6 bridgehead atoms. The van der Waals surface area contributed by atoms with Crippen molar-refractivity contribution in [2.24, 2.45) is 0 Å². The molecule has 0 radical (unpaired) electrons. The molecule has 5 aromatic rings. The SMILES string of the molecule is C1=Cc2nc1c(-c1ccccc1)c1ccc=1c(-c1ccccc1)c1nc(c(-c3ccccc3)c3ccc([n-]3)c2-c2ccccc2)C=C1.[Ni]. The number of fused-ring (bicyclic) bond motifs is 6. The molecule has 1 aromatic heterocycles. The Labute approximate surface area is 289 Å². The summed E-state index contributed by atoms with van der Waals surface area (Å²) < 4.78 is 0. The Morgan fingerprint density at radius 1 is 0.312 bits per heavy atom. The number of nitrogens with zero attached hydrogens (tertiary/aromatic N) is 3. The molecule has 0 unspecified atom stereocenters. The molecule has 0 saturated carbocycles. The van der Waals surface area contributed by atoms with Crippen LogP contribution in [0.3, 0.4) is 0 Å². The number of aromatic nitrogens is 3. The van der Waals surface area contributed by atoms with E-state index in [-0.39, 0.29) is 16.5 Å². The monoisotopic (exact) mass is 656 g/mol. The Morgan fingerprint density at radius 2 is 0.604 bits per heavy atom. The molecule has 3 nitrogen and oxygen atoms in total. The summed E-state index contributed by atoms with van der Waals surface area (Å²) in [6.45, 7) is 0. The van der Waals surface area contributed by atoms with Crippen molar-refractivity contribution in [2.75, 3.05) is 0 Å². The summed E-state index contributed by atoms with van der Waals surface area (Å²) in [5, 5.41) is 2.31. The predicted octanol–water partition coefficient (Wildman–Crippen LogP) is 10.6. The van der Waals surface area contributed by atoms with Gasteiger partial charge in [-0.3, -0.25) is 0 Å². The molecule has 4 heterocycles. The van der Waals surface area contributed by atoms with Crippen LogP contribution in [0, 0.1) is 10.4 Å². The predicted molar refractivity (Wildman–Crippen MR) is 194 cm³/mol. The van der Waals surface area contributed by atoms with E-state index in [0.717, 1.165) is 88.8 Å². The topological polar surface area (TPSA) is 39.9 Å².